The summed E-state index contributed by atoms with van der Waals surface area (Å²) in [6.45, 7) is 0.678. The molecule has 9 heteroatoms. The molecule has 0 saturated carbocycles. The number of hydrogen-bond acceptors (Lipinski definition) is 1. The molecule has 0 aliphatic heterocycles. The predicted octanol–water partition coefficient (Wildman–Crippen LogP) is 3.93. The van der Waals surface area contributed by atoms with Crippen molar-refractivity contribution in [3.63, 3.8) is 0 Å². The fourth-order valence-corrected chi connectivity index (χ4v) is 0.662. The van der Waals surface area contributed by atoms with Crippen molar-refractivity contribution < 1.29 is 39.9 Å². The van der Waals surface area contributed by atoms with E-state index in [2.05, 4.69) is 4.74 Å². The number of rotatable bonds is 4. The quantitative estimate of drug-likeness (QED) is 0.706. The molecule has 0 rings (SSSR count). The van der Waals surface area contributed by atoms with Crippen LogP contribution < -0.4 is 0 Å². The van der Waals surface area contributed by atoms with Crippen LogP contribution in [0.3, 0.4) is 0 Å². The summed E-state index contributed by atoms with van der Waals surface area (Å²) in [5.74, 6) is -10.7. The normalized spacial score (nSPS) is 19.9. The molecule has 0 aromatic carbocycles. The van der Waals surface area contributed by atoms with Crippen LogP contribution in [0.15, 0.2) is 0 Å². The second-order valence-electron chi connectivity index (χ2n) is 3.99. The third kappa shape index (κ3) is 3.43. The molecule has 0 aliphatic carbocycles. The Hall–Kier alpha value is -0.600. The largest absolute Gasteiger partial charge is 0.459 e. The summed E-state index contributed by atoms with van der Waals surface area (Å²) >= 11 is 0. The van der Waals surface area contributed by atoms with E-state index in [0.29, 0.717) is 13.8 Å². The SMILES string of the molecule is CC(C)(F)C(F)OC(C)(F)C(F)(F)C(F)(F)F. The molecule has 0 aromatic heterocycles. The fourth-order valence-electron chi connectivity index (χ4n) is 0.662. The molecular formula is C8H10F8O. The molecule has 0 aromatic rings. The maximum absolute atomic E-state index is 13.0. The molecule has 0 fully saturated rings. The molecule has 0 amide bonds. The average molecular weight is 274 g/mol. The first-order valence-electron chi connectivity index (χ1n) is 4.27. The first kappa shape index (κ1) is 16.4. The van der Waals surface area contributed by atoms with Crippen LogP contribution in [-0.2, 0) is 4.74 Å². The Balaban J connectivity index is 5.04. The first-order chi connectivity index (χ1) is 7.13. The van der Waals surface area contributed by atoms with Gasteiger partial charge < -0.3 is 4.74 Å². The van der Waals surface area contributed by atoms with E-state index in [0.717, 1.165) is 0 Å². The Morgan fingerprint density at radius 1 is 0.824 bits per heavy atom. The van der Waals surface area contributed by atoms with Crippen molar-refractivity contribution in [2.75, 3.05) is 0 Å². The van der Waals surface area contributed by atoms with Gasteiger partial charge in [-0.25, -0.2) is 13.2 Å². The Bertz CT molecular complexity index is 264. The van der Waals surface area contributed by atoms with E-state index in [-0.39, 0.29) is 6.92 Å². The monoisotopic (exact) mass is 274 g/mol. The third-order valence-electron chi connectivity index (χ3n) is 1.78. The van der Waals surface area contributed by atoms with Gasteiger partial charge >= 0.3 is 12.1 Å². The minimum absolute atomic E-state index is 0.321. The Labute approximate surface area is 91.7 Å². The summed E-state index contributed by atoms with van der Waals surface area (Å²) in [7, 11) is 0. The van der Waals surface area contributed by atoms with Crippen molar-refractivity contribution in [2.45, 2.75) is 50.8 Å². The number of alkyl halides is 8. The zero-order valence-electron chi connectivity index (χ0n) is 9.01. The molecule has 0 radical (unpaired) electrons. The van der Waals surface area contributed by atoms with E-state index in [1.807, 2.05) is 0 Å². The van der Waals surface area contributed by atoms with E-state index in [1.54, 1.807) is 0 Å². The number of hydrogen-bond donors (Lipinski definition) is 0. The van der Waals surface area contributed by atoms with E-state index >= 15 is 0 Å². The third-order valence-corrected chi connectivity index (χ3v) is 1.78. The van der Waals surface area contributed by atoms with Gasteiger partial charge in [-0.3, -0.25) is 0 Å². The van der Waals surface area contributed by atoms with Gasteiger partial charge in [0, 0.05) is 6.92 Å². The molecule has 0 bridgehead atoms. The maximum Gasteiger partial charge on any atom is 0.459 e. The average Bonchev–Trinajstić information content (AvgIpc) is 1.98. The van der Waals surface area contributed by atoms with Gasteiger partial charge in [0.15, 0.2) is 5.67 Å². The molecule has 2 unspecified atom stereocenters. The predicted molar refractivity (Wildman–Crippen MR) is 41.7 cm³/mol. The molecule has 0 spiro atoms. The van der Waals surface area contributed by atoms with Crippen LogP contribution in [0.25, 0.3) is 0 Å². The van der Waals surface area contributed by atoms with Crippen LogP contribution in [-0.4, -0.2) is 30.0 Å². The van der Waals surface area contributed by atoms with E-state index in [9.17, 15) is 35.1 Å². The van der Waals surface area contributed by atoms with E-state index in [4.69, 9.17) is 0 Å². The van der Waals surface area contributed by atoms with Crippen LogP contribution in [0.2, 0.25) is 0 Å². The summed E-state index contributed by atoms with van der Waals surface area (Å²) in [6, 6.07) is 0. The molecule has 0 heterocycles. The second kappa shape index (κ2) is 4.25. The summed E-state index contributed by atoms with van der Waals surface area (Å²) in [4.78, 5) is 0. The Morgan fingerprint density at radius 3 is 1.41 bits per heavy atom. The van der Waals surface area contributed by atoms with Gasteiger partial charge in [-0.1, -0.05) is 0 Å². The number of ether oxygens (including phenoxy) is 1. The van der Waals surface area contributed by atoms with Crippen molar-refractivity contribution >= 4 is 0 Å². The van der Waals surface area contributed by atoms with Gasteiger partial charge in [-0.05, 0) is 13.8 Å². The zero-order chi connectivity index (χ0) is 14.3. The van der Waals surface area contributed by atoms with E-state index < -0.39 is 30.0 Å². The minimum Gasteiger partial charge on any atom is -0.303 e. The van der Waals surface area contributed by atoms with E-state index in [1.165, 1.54) is 0 Å². The molecule has 0 saturated heterocycles. The van der Waals surface area contributed by atoms with Gasteiger partial charge in [0.1, 0.15) is 0 Å². The lowest BCUT2D eigenvalue weighted by molar-refractivity contribution is -0.398. The Morgan fingerprint density at radius 2 is 1.18 bits per heavy atom. The van der Waals surface area contributed by atoms with Crippen LogP contribution in [0.1, 0.15) is 20.8 Å². The fraction of sp³-hybridized carbons (Fsp3) is 1.00. The molecule has 1 nitrogen and oxygen atoms in total. The zero-order valence-corrected chi connectivity index (χ0v) is 9.01. The summed E-state index contributed by atoms with van der Waals surface area (Å²) in [5, 5.41) is 0. The van der Waals surface area contributed by atoms with Crippen molar-refractivity contribution in [1.82, 2.24) is 0 Å². The first-order valence-corrected chi connectivity index (χ1v) is 4.27. The van der Waals surface area contributed by atoms with Crippen molar-refractivity contribution in [1.29, 1.82) is 0 Å². The molecule has 0 N–H and O–H groups in total. The topological polar surface area (TPSA) is 9.23 Å². The highest BCUT2D eigenvalue weighted by Crippen LogP contribution is 2.47. The lowest BCUT2D eigenvalue weighted by Crippen LogP contribution is -2.56. The molecule has 104 valence electrons. The van der Waals surface area contributed by atoms with Crippen LogP contribution >= 0.6 is 0 Å². The molecule has 0 aliphatic rings. The van der Waals surface area contributed by atoms with Crippen molar-refractivity contribution in [2.24, 2.45) is 0 Å². The smallest absolute Gasteiger partial charge is 0.303 e. The molecule has 2 atom stereocenters. The molecule has 17 heavy (non-hydrogen) atoms. The summed E-state index contributed by atoms with van der Waals surface area (Å²) in [5.41, 5.74) is -2.92. The van der Waals surface area contributed by atoms with Crippen molar-refractivity contribution in [3.05, 3.63) is 0 Å². The van der Waals surface area contributed by atoms with Gasteiger partial charge in [0.25, 0.3) is 5.85 Å². The molecular weight excluding hydrogens is 264 g/mol. The minimum atomic E-state index is -6.28. The van der Waals surface area contributed by atoms with Crippen LogP contribution in [0.5, 0.6) is 0 Å². The van der Waals surface area contributed by atoms with Crippen molar-refractivity contribution in [3.8, 4) is 0 Å². The highest BCUT2D eigenvalue weighted by molar-refractivity contribution is 4.90. The lowest BCUT2D eigenvalue weighted by atomic mass is 10.1. The maximum atomic E-state index is 13.0. The van der Waals surface area contributed by atoms with Crippen LogP contribution in [0.4, 0.5) is 35.1 Å². The number of halogens is 8. The lowest BCUT2D eigenvalue weighted by Gasteiger charge is -2.34. The highest BCUT2D eigenvalue weighted by Gasteiger charge is 2.71. The van der Waals surface area contributed by atoms with Crippen LogP contribution in [0, 0.1) is 0 Å². The summed E-state index contributed by atoms with van der Waals surface area (Å²) in [6.07, 6.45) is -9.55. The Kier molecular flexibility index (Phi) is 4.10. The van der Waals surface area contributed by atoms with Gasteiger partial charge in [0.05, 0.1) is 0 Å². The summed E-state index contributed by atoms with van der Waals surface area (Å²) < 4.78 is 102. The van der Waals surface area contributed by atoms with Gasteiger partial charge in [-0.2, -0.15) is 22.0 Å². The van der Waals surface area contributed by atoms with Gasteiger partial charge in [-0.15, -0.1) is 0 Å². The second-order valence-corrected chi connectivity index (χ2v) is 3.99. The highest BCUT2D eigenvalue weighted by atomic mass is 19.4. The standard InChI is InChI=1S/C8H10F8O/c1-5(2,10)4(9)17-6(3,11)7(12,13)8(14,15)16/h4H,1-3H3. The van der Waals surface area contributed by atoms with Gasteiger partial charge in [0.2, 0.25) is 6.36 Å².